The summed E-state index contributed by atoms with van der Waals surface area (Å²) < 4.78 is 16.9. The van der Waals surface area contributed by atoms with E-state index in [0.717, 1.165) is 122 Å². The number of rotatable bonds is 54. The summed E-state index contributed by atoms with van der Waals surface area (Å²) >= 11 is 0. The van der Waals surface area contributed by atoms with Crippen LogP contribution in [0, 0.1) is 0 Å². The number of ether oxygens (including phenoxy) is 3. The Balaban J connectivity index is 4.36. The quantitative estimate of drug-likeness (QED) is 0.0261. The summed E-state index contributed by atoms with van der Waals surface area (Å²) in [7, 11) is 0. The Hall–Kier alpha value is -3.15. The van der Waals surface area contributed by atoms with Gasteiger partial charge in [-0.2, -0.15) is 0 Å². The van der Waals surface area contributed by atoms with Crippen LogP contribution in [0.5, 0.6) is 0 Å². The van der Waals surface area contributed by atoms with E-state index in [0.29, 0.717) is 19.3 Å². The molecule has 0 spiro atoms. The summed E-state index contributed by atoms with van der Waals surface area (Å²) in [4.78, 5) is 38.2. The second-order valence-electron chi connectivity index (χ2n) is 19.9. The SMILES string of the molecule is CCC/C=C\C/C=C\CCCCCCCC(=O)OCC(COC(=O)CCCCCCCCCC/C=C\C/C=C\C/C=C\CCCCCCC)OC(=O)CCCCCCC/C=C\CCCCCCCCC. The first kappa shape index (κ1) is 66.9. The molecule has 0 N–H and O–H groups in total. The summed E-state index contributed by atoms with van der Waals surface area (Å²) in [6, 6.07) is 0. The van der Waals surface area contributed by atoms with Crippen molar-refractivity contribution in [1.29, 1.82) is 0 Å². The molecule has 0 aliphatic carbocycles. The van der Waals surface area contributed by atoms with Crippen LogP contribution in [0.3, 0.4) is 0 Å². The van der Waals surface area contributed by atoms with Gasteiger partial charge in [0, 0.05) is 19.3 Å². The first-order chi connectivity index (χ1) is 34.5. The standard InChI is InChI=1S/C64H112O6/c1-4-7-10-13-16-19-22-25-27-29-30-31-32-33-34-35-37-39-42-45-48-51-54-57-63(66)69-60-61(59-68-62(65)56-53-50-47-44-41-38-24-21-18-15-12-9-6-3)70-64(67)58-55-52-49-46-43-40-36-28-26-23-20-17-14-11-8-5-2/h12,15,21-22,24-25,28-30,32-33,36,61H,4-11,13-14,16-20,23,26-27,31,34-35,37-60H2,1-3H3/b15-12-,24-21-,25-22-,30-29-,33-32-,36-28-. The van der Waals surface area contributed by atoms with Crippen LogP contribution in [0.25, 0.3) is 0 Å². The Morgan fingerprint density at radius 2 is 0.543 bits per heavy atom. The highest BCUT2D eigenvalue weighted by Gasteiger charge is 2.19. The Bertz CT molecular complexity index is 1310. The minimum atomic E-state index is -0.789. The van der Waals surface area contributed by atoms with Gasteiger partial charge < -0.3 is 14.2 Å². The van der Waals surface area contributed by atoms with Gasteiger partial charge in [0.2, 0.25) is 0 Å². The highest BCUT2D eigenvalue weighted by atomic mass is 16.6. The van der Waals surface area contributed by atoms with Gasteiger partial charge in [-0.1, -0.05) is 241 Å². The summed E-state index contributed by atoms with van der Waals surface area (Å²) in [5.74, 6) is -0.907. The third-order valence-electron chi connectivity index (χ3n) is 12.9. The zero-order valence-corrected chi connectivity index (χ0v) is 46.3. The van der Waals surface area contributed by atoms with Crippen LogP contribution in [-0.4, -0.2) is 37.2 Å². The maximum absolute atomic E-state index is 12.9. The molecule has 0 radical (unpaired) electrons. The van der Waals surface area contributed by atoms with E-state index >= 15 is 0 Å². The molecule has 6 nitrogen and oxygen atoms in total. The highest BCUT2D eigenvalue weighted by Crippen LogP contribution is 2.15. The third kappa shape index (κ3) is 55.8. The Morgan fingerprint density at radius 1 is 0.286 bits per heavy atom. The van der Waals surface area contributed by atoms with Crippen molar-refractivity contribution in [3.05, 3.63) is 72.9 Å². The Kier molecular flexibility index (Phi) is 55.8. The molecule has 0 rings (SSSR count). The number of hydrogen-bond acceptors (Lipinski definition) is 6. The van der Waals surface area contributed by atoms with Crippen molar-refractivity contribution in [2.45, 2.75) is 303 Å². The molecular weight excluding hydrogens is 865 g/mol. The van der Waals surface area contributed by atoms with Gasteiger partial charge >= 0.3 is 17.9 Å². The van der Waals surface area contributed by atoms with E-state index in [9.17, 15) is 14.4 Å². The fraction of sp³-hybridized carbons (Fsp3) is 0.766. The van der Waals surface area contributed by atoms with Crippen LogP contribution < -0.4 is 0 Å². The maximum atomic E-state index is 12.9. The molecule has 0 aromatic carbocycles. The molecule has 404 valence electrons. The molecule has 0 amide bonds. The van der Waals surface area contributed by atoms with E-state index in [4.69, 9.17) is 14.2 Å². The monoisotopic (exact) mass is 977 g/mol. The van der Waals surface area contributed by atoms with Crippen molar-refractivity contribution < 1.29 is 28.6 Å². The molecule has 0 bridgehead atoms. The lowest BCUT2D eigenvalue weighted by atomic mass is 10.1. The Labute approximate surface area is 433 Å². The lowest BCUT2D eigenvalue weighted by Crippen LogP contribution is -2.30. The molecule has 0 aliphatic heterocycles. The molecule has 0 saturated carbocycles. The van der Waals surface area contributed by atoms with E-state index in [1.165, 1.54) is 135 Å². The zero-order chi connectivity index (χ0) is 50.7. The first-order valence-corrected chi connectivity index (χ1v) is 29.9. The average Bonchev–Trinajstić information content (AvgIpc) is 3.36. The van der Waals surface area contributed by atoms with Gasteiger partial charge in [0.15, 0.2) is 6.10 Å². The maximum Gasteiger partial charge on any atom is 0.306 e. The lowest BCUT2D eigenvalue weighted by molar-refractivity contribution is -0.167. The average molecular weight is 978 g/mol. The van der Waals surface area contributed by atoms with Gasteiger partial charge in [0.25, 0.3) is 0 Å². The number of esters is 3. The fourth-order valence-electron chi connectivity index (χ4n) is 8.36. The van der Waals surface area contributed by atoms with Crippen LogP contribution in [-0.2, 0) is 28.6 Å². The highest BCUT2D eigenvalue weighted by molar-refractivity contribution is 5.71. The van der Waals surface area contributed by atoms with Crippen LogP contribution in [0.1, 0.15) is 297 Å². The van der Waals surface area contributed by atoms with Gasteiger partial charge in [-0.05, 0) is 109 Å². The van der Waals surface area contributed by atoms with Crippen molar-refractivity contribution in [3.63, 3.8) is 0 Å². The van der Waals surface area contributed by atoms with Crippen molar-refractivity contribution in [2.24, 2.45) is 0 Å². The number of unbranched alkanes of at least 4 members (excludes halogenated alkanes) is 31. The van der Waals surface area contributed by atoms with E-state index in [1.54, 1.807) is 0 Å². The zero-order valence-electron chi connectivity index (χ0n) is 46.3. The predicted molar refractivity (Wildman–Crippen MR) is 302 cm³/mol. The minimum absolute atomic E-state index is 0.0867. The van der Waals surface area contributed by atoms with Gasteiger partial charge in [0.05, 0.1) is 0 Å². The number of allylic oxidation sites excluding steroid dienone is 12. The molecule has 0 aromatic rings. The third-order valence-corrected chi connectivity index (χ3v) is 12.9. The molecule has 0 saturated heterocycles. The topological polar surface area (TPSA) is 78.9 Å². The van der Waals surface area contributed by atoms with E-state index in [-0.39, 0.29) is 31.1 Å². The molecule has 0 fully saturated rings. The summed E-state index contributed by atoms with van der Waals surface area (Å²) in [5, 5.41) is 0. The largest absolute Gasteiger partial charge is 0.462 e. The second kappa shape index (κ2) is 58.4. The van der Waals surface area contributed by atoms with Crippen LogP contribution in [0.15, 0.2) is 72.9 Å². The smallest absolute Gasteiger partial charge is 0.306 e. The molecule has 1 unspecified atom stereocenters. The normalized spacial score (nSPS) is 12.6. The van der Waals surface area contributed by atoms with Gasteiger partial charge in [0.1, 0.15) is 13.2 Å². The fourth-order valence-corrected chi connectivity index (χ4v) is 8.36. The minimum Gasteiger partial charge on any atom is -0.462 e. The summed E-state index contributed by atoms with van der Waals surface area (Å²) in [6.07, 6.45) is 74.6. The summed E-state index contributed by atoms with van der Waals surface area (Å²) in [5.41, 5.74) is 0. The van der Waals surface area contributed by atoms with Crippen molar-refractivity contribution in [2.75, 3.05) is 13.2 Å². The second-order valence-corrected chi connectivity index (χ2v) is 19.9. The first-order valence-electron chi connectivity index (χ1n) is 29.9. The van der Waals surface area contributed by atoms with Gasteiger partial charge in [-0.3, -0.25) is 14.4 Å². The Morgan fingerprint density at radius 3 is 0.871 bits per heavy atom. The van der Waals surface area contributed by atoms with E-state index in [2.05, 4.69) is 93.7 Å². The molecule has 0 aromatic heterocycles. The molecule has 6 heteroatoms. The molecule has 0 heterocycles. The molecule has 70 heavy (non-hydrogen) atoms. The molecule has 1 atom stereocenters. The van der Waals surface area contributed by atoms with Crippen molar-refractivity contribution in [3.8, 4) is 0 Å². The summed E-state index contributed by atoms with van der Waals surface area (Å²) in [6.45, 7) is 6.56. The molecule has 0 aliphatic rings. The van der Waals surface area contributed by atoms with Crippen LogP contribution in [0.2, 0.25) is 0 Å². The molecular formula is C64H112O6. The van der Waals surface area contributed by atoms with Crippen LogP contribution >= 0.6 is 0 Å². The van der Waals surface area contributed by atoms with E-state index < -0.39 is 6.10 Å². The van der Waals surface area contributed by atoms with Crippen molar-refractivity contribution in [1.82, 2.24) is 0 Å². The number of carbonyl (C=O) groups is 3. The van der Waals surface area contributed by atoms with Crippen molar-refractivity contribution >= 4 is 17.9 Å². The van der Waals surface area contributed by atoms with Gasteiger partial charge in [-0.15, -0.1) is 0 Å². The number of hydrogen-bond donors (Lipinski definition) is 0. The van der Waals surface area contributed by atoms with Gasteiger partial charge in [-0.25, -0.2) is 0 Å². The number of carbonyl (C=O) groups excluding carboxylic acids is 3. The van der Waals surface area contributed by atoms with E-state index in [1.807, 2.05) is 0 Å². The lowest BCUT2D eigenvalue weighted by Gasteiger charge is -2.18. The van der Waals surface area contributed by atoms with Crippen LogP contribution in [0.4, 0.5) is 0 Å². The predicted octanol–water partition coefficient (Wildman–Crippen LogP) is 20.2.